The molecule has 4 N–H and O–H groups in total. The Bertz CT molecular complexity index is 713. The molecule has 200 valence electrons. The lowest BCUT2D eigenvalue weighted by Crippen LogP contribution is -2.60. The molecule has 0 aliphatic carbocycles. The van der Waals surface area contributed by atoms with E-state index in [2.05, 4.69) is 0 Å². The van der Waals surface area contributed by atoms with Crippen LogP contribution in [0.5, 0.6) is 0 Å². The maximum Gasteiger partial charge on any atom is 0.306 e. The number of unbranched alkanes of at least 4 members (excludes halogenated alkanes) is 4. The molecular formula is C21H38O12S. The zero-order valence-electron chi connectivity index (χ0n) is 19.7. The molecule has 1 fully saturated rings. The SMILES string of the molecule is CCCCCC(=O)OCC(CO[C@H]1O[C@H](CS(=O)(=O)O)[C@@H](O)[C@H](O)[C@H]1O)OC(=O)CCCCC. The fourth-order valence-electron chi connectivity index (χ4n) is 3.26. The van der Waals surface area contributed by atoms with Crippen molar-refractivity contribution in [2.75, 3.05) is 19.0 Å². The lowest BCUT2D eigenvalue weighted by Gasteiger charge is -2.40. The molecule has 0 spiro atoms. The van der Waals surface area contributed by atoms with E-state index < -0.39 is 71.2 Å². The Morgan fingerprint density at radius 2 is 1.47 bits per heavy atom. The van der Waals surface area contributed by atoms with Gasteiger partial charge in [0, 0.05) is 12.8 Å². The van der Waals surface area contributed by atoms with E-state index in [1.165, 1.54) is 0 Å². The summed E-state index contributed by atoms with van der Waals surface area (Å²) in [6.07, 6.45) is -4.44. The van der Waals surface area contributed by atoms with Gasteiger partial charge in [0.2, 0.25) is 0 Å². The second kappa shape index (κ2) is 15.6. The molecule has 34 heavy (non-hydrogen) atoms. The molecule has 0 amide bonds. The predicted molar refractivity (Wildman–Crippen MR) is 118 cm³/mol. The molecule has 12 nitrogen and oxygen atoms in total. The van der Waals surface area contributed by atoms with Gasteiger partial charge in [0.25, 0.3) is 10.1 Å². The molecule has 0 saturated carbocycles. The topological polar surface area (TPSA) is 186 Å². The molecule has 1 aliphatic rings. The molecule has 1 rings (SSSR count). The van der Waals surface area contributed by atoms with Gasteiger partial charge in [0.1, 0.15) is 36.8 Å². The van der Waals surface area contributed by atoms with Gasteiger partial charge >= 0.3 is 11.9 Å². The summed E-state index contributed by atoms with van der Waals surface area (Å²) in [6, 6.07) is 0. The average molecular weight is 515 g/mol. The van der Waals surface area contributed by atoms with E-state index >= 15 is 0 Å². The number of aliphatic hydroxyl groups is 3. The largest absolute Gasteiger partial charge is 0.462 e. The molecule has 1 heterocycles. The fourth-order valence-corrected chi connectivity index (χ4v) is 3.95. The zero-order valence-corrected chi connectivity index (χ0v) is 20.5. The Balaban J connectivity index is 2.75. The number of carbonyl (C=O) groups is 2. The molecule has 1 saturated heterocycles. The summed E-state index contributed by atoms with van der Waals surface area (Å²) in [6.45, 7) is 3.25. The van der Waals surface area contributed by atoms with Gasteiger partial charge in [-0.25, -0.2) is 0 Å². The van der Waals surface area contributed by atoms with Crippen molar-refractivity contribution in [1.82, 2.24) is 0 Å². The third-order valence-corrected chi connectivity index (χ3v) is 5.94. The van der Waals surface area contributed by atoms with Crippen molar-refractivity contribution in [3.63, 3.8) is 0 Å². The van der Waals surface area contributed by atoms with Crippen molar-refractivity contribution >= 4 is 22.1 Å². The molecule has 1 unspecified atom stereocenters. The van der Waals surface area contributed by atoms with E-state index in [-0.39, 0.29) is 19.4 Å². The molecule has 0 aromatic rings. The van der Waals surface area contributed by atoms with Crippen LogP contribution in [0.4, 0.5) is 0 Å². The van der Waals surface area contributed by atoms with Crippen LogP contribution in [0.3, 0.4) is 0 Å². The van der Waals surface area contributed by atoms with E-state index in [1.807, 2.05) is 13.8 Å². The maximum absolute atomic E-state index is 12.1. The van der Waals surface area contributed by atoms with Gasteiger partial charge in [-0.15, -0.1) is 0 Å². The van der Waals surface area contributed by atoms with Crippen molar-refractivity contribution in [3.05, 3.63) is 0 Å². The molecule has 6 atom stereocenters. The summed E-state index contributed by atoms with van der Waals surface area (Å²) >= 11 is 0. The van der Waals surface area contributed by atoms with Crippen LogP contribution in [0.1, 0.15) is 65.2 Å². The third kappa shape index (κ3) is 11.9. The maximum atomic E-state index is 12.1. The highest BCUT2D eigenvalue weighted by molar-refractivity contribution is 7.85. The van der Waals surface area contributed by atoms with Gasteiger partial charge < -0.3 is 34.3 Å². The van der Waals surface area contributed by atoms with Crippen LogP contribution in [0.25, 0.3) is 0 Å². The summed E-state index contributed by atoms with van der Waals surface area (Å²) in [5, 5.41) is 30.1. The Kier molecular flexibility index (Phi) is 14.1. The summed E-state index contributed by atoms with van der Waals surface area (Å²) in [7, 11) is -4.57. The Morgan fingerprint density at radius 1 is 0.882 bits per heavy atom. The van der Waals surface area contributed by atoms with Gasteiger partial charge in [0.05, 0.1) is 6.61 Å². The van der Waals surface area contributed by atoms with Crippen LogP contribution < -0.4 is 0 Å². The van der Waals surface area contributed by atoms with Gasteiger partial charge in [-0.2, -0.15) is 8.42 Å². The molecule has 0 aromatic heterocycles. The first kappa shape index (κ1) is 30.7. The van der Waals surface area contributed by atoms with Crippen molar-refractivity contribution in [2.45, 2.75) is 102 Å². The monoisotopic (exact) mass is 514 g/mol. The number of carbonyl (C=O) groups excluding carboxylic acids is 2. The van der Waals surface area contributed by atoms with Crippen molar-refractivity contribution in [2.24, 2.45) is 0 Å². The number of ether oxygens (including phenoxy) is 4. The Morgan fingerprint density at radius 3 is 2.03 bits per heavy atom. The summed E-state index contributed by atoms with van der Waals surface area (Å²) in [4.78, 5) is 24.1. The summed E-state index contributed by atoms with van der Waals surface area (Å²) < 4.78 is 52.4. The summed E-state index contributed by atoms with van der Waals surface area (Å²) in [5.74, 6) is -2.04. The van der Waals surface area contributed by atoms with Crippen molar-refractivity contribution in [3.8, 4) is 0 Å². The second-order valence-electron chi connectivity index (χ2n) is 8.31. The van der Waals surface area contributed by atoms with Crippen LogP contribution in [0.2, 0.25) is 0 Å². The minimum Gasteiger partial charge on any atom is -0.462 e. The third-order valence-electron chi connectivity index (χ3n) is 5.19. The van der Waals surface area contributed by atoms with E-state index in [1.54, 1.807) is 0 Å². The molecule has 0 radical (unpaired) electrons. The highest BCUT2D eigenvalue weighted by atomic mass is 32.2. The minimum absolute atomic E-state index is 0.151. The van der Waals surface area contributed by atoms with Crippen LogP contribution >= 0.6 is 0 Å². The standard InChI is InChI=1S/C21H38O12S/c1-3-5-7-9-16(22)30-11-14(32-17(23)10-8-6-4-2)12-31-21-20(26)19(25)18(24)15(33-21)13-34(27,28)29/h14-15,18-21,24-26H,3-13H2,1-2H3,(H,27,28,29)/t14?,15-,18-,19+,20-,21+/m1/s1. The molecule has 13 heteroatoms. The first-order valence-corrected chi connectivity index (χ1v) is 13.2. The molecular weight excluding hydrogens is 476 g/mol. The molecule has 1 aliphatic heterocycles. The summed E-state index contributed by atoms with van der Waals surface area (Å²) in [5.41, 5.74) is 0. The van der Waals surface area contributed by atoms with Crippen LogP contribution in [-0.4, -0.2) is 96.0 Å². The van der Waals surface area contributed by atoms with Crippen LogP contribution in [0, 0.1) is 0 Å². The van der Waals surface area contributed by atoms with Gasteiger partial charge in [-0.3, -0.25) is 14.1 Å². The van der Waals surface area contributed by atoms with Crippen molar-refractivity contribution < 1.29 is 56.8 Å². The van der Waals surface area contributed by atoms with Crippen molar-refractivity contribution in [1.29, 1.82) is 0 Å². The van der Waals surface area contributed by atoms with Crippen LogP contribution in [-0.2, 0) is 38.7 Å². The number of esters is 2. The average Bonchev–Trinajstić information content (AvgIpc) is 2.76. The highest BCUT2D eigenvalue weighted by Gasteiger charge is 2.45. The van der Waals surface area contributed by atoms with E-state index in [0.717, 1.165) is 25.7 Å². The first-order valence-electron chi connectivity index (χ1n) is 11.6. The molecule has 0 aromatic carbocycles. The number of hydrogen-bond donors (Lipinski definition) is 4. The Labute approximate surface area is 200 Å². The van der Waals surface area contributed by atoms with Gasteiger partial charge in [0.15, 0.2) is 12.4 Å². The second-order valence-corrected chi connectivity index (χ2v) is 9.80. The Hall–Kier alpha value is -1.35. The molecule has 0 bridgehead atoms. The first-order chi connectivity index (χ1) is 16.0. The van der Waals surface area contributed by atoms with Crippen LogP contribution in [0.15, 0.2) is 0 Å². The lowest BCUT2D eigenvalue weighted by molar-refractivity contribution is -0.297. The van der Waals surface area contributed by atoms with E-state index in [4.69, 9.17) is 23.5 Å². The van der Waals surface area contributed by atoms with Gasteiger partial charge in [-0.05, 0) is 12.8 Å². The number of rotatable bonds is 16. The normalized spacial score (nSPS) is 26.1. The number of aliphatic hydroxyl groups excluding tert-OH is 3. The lowest BCUT2D eigenvalue weighted by atomic mass is 10.00. The van der Waals surface area contributed by atoms with E-state index in [9.17, 15) is 33.3 Å². The quantitative estimate of drug-likeness (QED) is 0.126. The van der Waals surface area contributed by atoms with Gasteiger partial charge in [-0.1, -0.05) is 39.5 Å². The highest BCUT2D eigenvalue weighted by Crippen LogP contribution is 2.23. The minimum atomic E-state index is -4.57. The smallest absolute Gasteiger partial charge is 0.306 e. The number of hydrogen-bond acceptors (Lipinski definition) is 11. The predicted octanol–water partition coefficient (Wildman–Crippen LogP) is 0.314. The fraction of sp³-hybridized carbons (Fsp3) is 0.905. The zero-order chi connectivity index (χ0) is 25.7. The van der Waals surface area contributed by atoms with E-state index in [0.29, 0.717) is 12.8 Å².